The number of hydrogen-bond acceptors (Lipinski definition) is 4. The fourth-order valence-electron chi connectivity index (χ4n) is 3.23. The minimum absolute atomic E-state index is 0.155. The monoisotopic (exact) mass is 411 g/mol. The first-order chi connectivity index (χ1) is 13.1. The molecule has 3 heterocycles. The molecule has 0 bridgehead atoms. The standard InChI is InChI=1S/C22H18ClNOS2/c1-14(15-6-8-17(23)9-7-15)22-20(21(25)16-4-2-10-24-12-16)18(13-27-22)19-5-3-11-26-19/h2-14,21,25H,1H3. The number of pyridine rings is 1. The van der Waals surface area contributed by atoms with E-state index in [0.29, 0.717) is 0 Å². The quantitative estimate of drug-likeness (QED) is 0.393. The van der Waals surface area contributed by atoms with Gasteiger partial charge in [-0.1, -0.05) is 42.8 Å². The van der Waals surface area contributed by atoms with Crippen molar-refractivity contribution in [3.8, 4) is 10.4 Å². The number of nitrogens with zero attached hydrogens (tertiary/aromatic N) is 1. The van der Waals surface area contributed by atoms with Gasteiger partial charge in [-0.15, -0.1) is 22.7 Å². The number of rotatable bonds is 5. The average molecular weight is 412 g/mol. The van der Waals surface area contributed by atoms with E-state index in [-0.39, 0.29) is 5.92 Å². The highest BCUT2D eigenvalue weighted by atomic mass is 35.5. The van der Waals surface area contributed by atoms with E-state index in [9.17, 15) is 5.11 Å². The lowest BCUT2D eigenvalue weighted by molar-refractivity contribution is 0.219. The van der Waals surface area contributed by atoms with E-state index in [0.717, 1.165) is 26.6 Å². The second-order valence-electron chi connectivity index (χ2n) is 6.37. The summed E-state index contributed by atoms with van der Waals surface area (Å²) in [6.45, 7) is 2.17. The Kier molecular flexibility index (Phi) is 5.41. The topological polar surface area (TPSA) is 33.1 Å². The summed E-state index contributed by atoms with van der Waals surface area (Å²) < 4.78 is 0. The zero-order valence-corrected chi connectivity index (χ0v) is 17.1. The van der Waals surface area contributed by atoms with Crippen molar-refractivity contribution >= 4 is 34.3 Å². The van der Waals surface area contributed by atoms with Crippen LogP contribution >= 0.6 is 34.3 Å². The zero-order chi connectivity index (χ0) is 18.8. The Labute approximate surface area is 171 Å². The lowest BCUT2D eigenvalue weighted by atomic mass is 9.91. The molecule has 2 nitrogen and oxygen atoms in total. The van der Waals surface area contributed by atoms with Gasteiger partial charge in [0.1, 0.15) is 6.10 Å². The van der Waals surface area contributed by atoms with Gasteiger partial charge in [-0.2, -0.15) is 0 Å². The minimum atomic E-state index is -0.716. The molecule has 0 amide bonds. The van der Waals surface area contributed by atoms with Crippen LogP contribution in [0.1, 0.15) is 40.5 Å². The van der Waals surface area contributed by atoms with Gasteiger partial charge in [-0.25, -0.2) is 0 Å². The summed E-state index contributed by atoms with van der Waals surface area (Å²) in [6.07, 6.45) is 2.74. The molecule has 136 valence electrons. The maximum Gasteiger partial charge on any atom is 0.107 e. The summed E-state index contributed by atoms with van der Waals surface area (Å²) in [7, 11) is 0. The molecule has 2 atom stereocenters. The summed E-state index contributed by atoms with van der Waals surface area (Å²) in [4.78, 5) is 6.51. The molecule has 4 rings (SSSR count). The van der Waals surface area contributed by atoms with Crippen molar-refractivity contribution in [3.63, 3.8) is 0 Å². The summed E-state index contributed by atoms with van der Waals surface area (Å²) in [5, 5.41) is 16.2. The molecule has 0 fully saturated rings. The Morgan fingerprint density at radius 1 is 1.00 bits per heavy atom. The van der Waals surface area contributed by atoms with Crippen molar-refractivity contribution in [2.45, 2.75) is 18.9 Å². The van der Waals surface area contributed by atoms with Crippen molar-refractivity contribution in [2.75, 3.05) is 0 Å². The van der Waals surface area contributed by atoms with Crippen LogP contribution in [0.4, 0.5) is 0 Å². The first-order valence-electron chi connectivity index (χ1n) is 8.63. The number of benzene rings is 1. The SMILES string of the molecule is CC(c1ccc(Cl)cc1)c1scc(-c2cccs2)c1C(O)c1cccnc1. The molecule has 0 aliphatic carbocycles. The highest BCUT2D eigenvalue weighted by Crippen LogP contribution is 2.44. The molecule has 0 aliphatic heterocycles. The number of thiophene rings is 2. The van der Waals surface area contributed by atoms with Gasteiger partial charge in [-0.3, -0.25) is 4.98 Å². The first-order valence-corrected chi connectivity index (χ1v) is 10.8. The third-order valence-corrected chi connectivity index (χ3v) is 7.02. The second-order valence-corrected chi connectivity index (χ2v) is 8.66. The molecule has 2 unspecified atom stereocenters. The van der Waals surface area contributed by atoms with Gasteiger partial charge in [0.15, 0.2) is 0 Å². The number of hydrogen-bond donors (Lipinski definition) is 1. The van der Waals surface area contributed by atoms with Crippen molar-refractivity contribution in [1.29, 1.82) is 0 Å². The Bertz CT molecular complexity index is 1010. The van der Waals surface area contributed by atoms with Crippen LogP contribution in [-0.4, -0.2) is 10.1 Å². The molecular formula is C22H18ClNOS2. The largest absolute Gasteiger partial charge is 0.384 e. The van der Waals surface area contributed by atoms with Gasteiger partial charge in [0, 0.05) is 55.2 Å². The van der Waals surface area contributed by atoms with E-state index in [1.165, 1.54) is 10.4 Å². The summed E-state index contributed by atoms with van der Waals surface area (Å²) in [5.74, 6) is 0.155. The van der Waals surface area contributed by atoms with Crippen molar-refractivity contribution in [2.24, 2.45) is 0 Å². The lowest BCUT2D eigenvalue weighted by Crippen LogP contribution is -2.06. The van der Waals surface area contributed by atoms with Crippen LogP contribution < -0.4 is 0 Å². The minimum Gasteiger partial charge on any atom is -0.384 e. The summed E-state index contributed by atoms with van der Waals surface area (Å²) >= 11 is 9.44. The van der Waals surface area contributed by atoms with Crippen LogP contribution in [-0.2, 0) is 0 Å². The Morgan fingerprint density at radius 2 is 1.81 bits per heavy atom. The van der Waals surface area contributed by atoms with Crippen molar-refractivity contribution < 1.29 is 5.11 Å². The highest BCUT2D eigenvalue weighted by molar-refractivity contribution is 7.14. The molecule has 5 heteroatoms. The Balaban J connectivity index is 1.83. The maximum absolute atomic E-state index is 11.2. The van der Waals surface area contributed by atoms with Crippen molar-refractivity contribution in [1.82, 2.24) is 4.98 Å². The highest BCUT2D eigenvalue weighted by Gasteiger charge is 2.26. The van der Waals surface area contributed by atoms with E-state index < -0.39 is 6.10 Å². The fourth-order valence-corrected chi connectivity index (χ4v) is 5.37. The van der Waals surface area contributed by atoms with Crippen LogP contribution in [0.5, 0.6) is 0 Å². The average Bonchev–Trinajstić information content (AvgIpc) is 3.37. The fraction of sp³-hybridized carbons (Fsp3) is 0.136. The Hall–Kier alpha value is -1.98. The number of aromatic nitrogens is 1. The van der Waals surface area contributed by atoms with Crippen LogP contribution in [0, 0.1) is 0 Å². The van der Waals surface area contributed by atoms with E-state index in [1.54, 1.807) is 35.1 Å². The molecule has 3 aromatic heterocycles. The van der Waals surface area contributed by atoms with E-state index >= 15 is 0 Å². The molecule has 0 saturated heterocycles. The third kappa shape index (κ3) is 3.71. The smallest absolute Gasteiger partial charge is 0.107 e. The molecular weight excluding hydrogens is 394 g/mol. The number of aliphatic hydroxyl groups is 1. The lowest BCUT2D eigenvalue weighted by Gasteiger charge is -2.18. The molecule has 0 radical (unpaired) electrons. The van der Waals surface area contributed by atoms with Crippen LogP contribution in [0.3, 0.4) is 0 Å². The third-order valence-electron chi connectivity index (χ3n) is 4.68. The van der Waals surface area contributed by atoms with E-state index in [4.69, 9.17) is 11.6 Å². The molecule has 4 aromatic rings. The molecule has 1 aromatic carbocycles. The number of halogens is 1. The van der Waals surface area contributed by atoms with Gasteiger partial charge in [0.05, 0.1) is 0 Å². The summed E-state index contributed by atoms with van der Waals surface area (Å²) in [6, 6.07) is 15.9. The van der Waals surface area contributed by atoms with E-state index in [2.05, 4.69) is 40.9 Å². The van der Waals surface area contributed by atoms with Crippen molar-refractivity contribution in [3.05, 3.63) is 98.3 Å². The molecule has 1 N–H and O–H groups in total. The molecule has 0 spiro atoms. The number of aliphatic hydroxyl groups excluding tert-OH is 1. The predicted octanol–water partition coefficient (Wildman–Crippen LogP) is 6.76. The normalized spacial score (nSPS) is 13.4. The predicted molar refractivity (Wildman–Crippen MR) is 115 cm³/mol. The van der Waals surface area contributed by atoms with Crippen LogP contribution in [0.25, 0.3) is 10.4 Å². The summed E-state index contributed by atoms with van der Waals surface area (Å²) in [5.41, 5.74) is 4.05. The maximum atomic E-state index is 11.2. The van der Waals surface area contributed by atoms with E-state index in [1.807, 2.05) is 30.3 Å². The van der Waals surface area contributed by atoms with Gasteiger partial charge in [0.2, 0.25) is 0 Å². The first kappa shape index (κ1) is 18.4. The molecule has 0 aliphatic rings. The van der Waals surface area contributed by atoms with Crippen LogP contribution in [0.15, 0.2) is 71.7 Å². The van der Waals surface area contributed by atoms with Gasteiger partial charge < -0.3 is 5.11 Å². The van der Waals surface area contributed by atoms with Gasteiger partial charge >= 0.3 is 0 Å². The molecule has 0 saturated carbocycles. The van der Waals surface area contributed by atoms with Gasteiger partial charge in [0.25, 0.3) is 0 Å². The molecule has 27 heavy (non-hydrogen) atoms. The van der Waals surface area contributed by atoms with Gasteiger partial charge in [-0.05, 0) is 35.2 Å². The second kappa shape index (κ2) is 7.95. The van der Waals surface area contributed by atoms with Crippen LogP contribution in [0.2, 0.25) is 5.02 Å². The Morgan fingerprint density at radius 3 is 2.48 bits per heavy atom. The zero-order valence-electron chi connectivity index (χ0n) is 14.7.